The number of hydrogen-bond donors (Lipinski definition) is 1. The van der Waals surface area contributed by atoms with Crippen molar-refractivity contribution in [1.29, 1.82) is 5.26 Å². The van der Waals surface area contributed by atoms with Gasteiger partial charge in [-0.25, -0.2) is 9.97 Å². The fraction of sp³-hybridized carbons (Fsp3) is 0. The summed E-state index contributed by atoms with van der Waals surface area (Å²) in [6, 6.07) is 11.5. The van der Waals surface area contributed by atoms with Gasteiger partial charge in [-0.3, -0.25) is 0 Å². The standard InChI is InChI=1S/C13H8N4S/c14-6-10-1-2-11(7-15-10)17-9-3-4-12-13(5-9)18-8-16-12/h1-5,7-8,17H. The number of pyridine rings is 1. The molecule has 0 bridgehead atoms. The van der Waals surface area contributed by atoms with Crippen molar-refractivity contribution in [2.75, 3.05) is 5.32 Å². The summed E-state index contributed by atoms with van der Waals surface area (Å²) >= 11 is 1.61. The minimum Gasteiger partial charge on any atom is -0.354 e. The highest BCUT2D eigenvalue weighted by atomic mass is 32.1. The smallest absolute Gasteiger partial charge is 0.140 e. The molecule has 2 heterocycles. The summed E-state index contributed by atoms with van der Waals surface area (Å²) in [4.78, 5) is 8.24. The van der Waals surface area contributed by atoms with Crippen molar-refractivity contribution in [2.45, 2.75) is 0 Å². The van der Waals surface area contributed by atoms with Crippen LogP contribution in [0, 0.1) is 11.3 Å². The molecule has 86 valence electrons. The van der Waals surface area contributed by atoms with E-state index in [0.717, 1.165) is 21.6 Å². The molecule has 0 amide bonds. The van der Waals surface area contributed by atoms with Gasteiger partial charge in [0, 0.05) is 5.69 Å². The molecule has 0 unspecified atom stereocenters. The first-order valence-corrected chi connectivity index (χ1v) is 6.19. The number of anilines is 2. The van der Waals surface area contributed by atoms with Crippen LogP contribution in [0.5, 0.6) is 0 Å². The Labute approximate surface area is 108 Å². The zero-order valence-electron chi connectivity index (χ0n) is 9.29. The normalized spacial score (nSPS) is 10.2. The fourth-order valence-corrected chi connectivity index (χ4v) is 2.35. The van der Waals surface area contributed by atoms with E-state index in [1.165, 1.54) is 0 Å². The van der Waals surface area contributed by atoms with E-state index in [9.17, 15) is 0 Å². The summed E-state index contributed by atoms with van der Waals surface area (Å²) in [5.74, 6) is 0. The highest BCUT2D eigenvalue weighted by Crippen LogP contribution is 2.24. The Morgan fingerprint density at radius 2 is 2.00 bits per heavy atom. The number of aromatic nitrogens is 2. The van der Waals surface area contributed by atoms with Crippen LogP contribution in [0.1, 0.15) is 5.69 Å². The molecule has 1 aromatic carbocycles. The van der Waals surface area contributed by atoms with Gasteiger partial charge in [0.1, 0.15) is 11.8 Å². The van der Waals surface area contributed by atoms with Gasteiger partial charge < -0.3 is 5.32 Å². The average Bonchev–Trinajstić information content (AvgIpc) is 2.87. The van der Waals surface area contributed by atoms with Crippen molar-refractivity contribution in [3.63, 3.8) is 0 Å². The largest absolute Gasteiger partial charge is 0.354 e. The van der Waals surface area contributed by atoms with Crippen molar-refractivity contribution < 1.29 is 0 Å². The zero-order valence-corrected chi connectivity index (χ0v) is 10.1. The molecule has 2 aromatic heterocycles. The van der Waals surface area contributed by atoms with E-state index < -0.39 is 0 Å². The molecule has 0 spiro atoms. The molecule has 3 rings (SSSR count). The van der Waals surface area contributed by atoms with Crippen LogP contribution in [0.4, 0.5) is 11.4 Å². The molecule has 0 saturated carbocycles. The molecule has 18 heavy (non-hydrogen) atoms. The minimum atomic E-state index is 0.415. The number of fused-ring (bicyclic) bond motifs is 1. The lowest BCUT2D eigenvalue weighted by Crippen LogP contribution is -1.91. The van der Waals surface area contributed by atoms with Crippen LogP contribution in [0.25, 0.3) is 10.2 Å². The van der Waals surface area contributed by atoms with Crippen molar-refractivity contribution >= 4 is 32.9 Å². The summed E-state index contributed by atoms with van der Waals surface area (Å²) in [6.07, 6.45) is 1.65. The summed E-state index contributed by atoms with van der Waals surface area (Å²) < 4.78 is 1.14. The number of hydrogen-bond acceptors (Lipinski definition) is 5. The monoisotopic (exact) mass is 252 g/mol. The van der Waals surface area contributed by atoms with Crippen molar-refractivity contribution in [2.24, 2.45) is 0 Å². The van der Waals surface area contributed by atoms with Gasteiger partial charge in [0.05, 0.1) is 27.6 Å². The van der Waals surface area contributed by atoms with Gasteiger partial charge in [0.25, 0.3) is 0 Å². The van der Waals surface area contributed by atoms with E-state index in [4.69, 9.17) is 5.26 Å². The Hall–Kier alpha value is -2.45. The molecule has 4 nitrogen and oxygen atoms in total. The van der Waals surface area contributed by atoms with Gasteiger partial charge >= 0.3 is 0 Å². The Balaban J connectivity index is 1.88. The maximum atomic E-state index is 8.67. The van der Waals surface area contributed by atoms with Crippen LogP contribution in [-0.2, 0) is 0 Å². The topological polar surface area (TPSA) is 61.6 Å². The molecular weight excluding hydrogens is 244 g/mol. The second-order valence-corrected chi connectivity index (χ2v) is 4.59. The third-order valence-corrected chi connectivity index (χ3v) is 3.29. The van der Waals surface area contributed by atoms with Gasteiger partial charge in [0.15, 0.2) is 0 Å². The van der Waals surface area contributed by atoms with E-state index in [1.54, 1.807) is 23.6 Å². The lowest BCUT2D eigenvalue weighted by atomic mass is 10.3. The number of thiazole rings is 1. The number of nitrogens with one attached hydrogen (secondary N) is 1. The first kappa shape index (κ1) is 10.7. The molecule has 0 fully saturated rings. The summed E-state index contributed by atoms with van der Waals surface area (Å²) in [6.45, 7) is 0. The van der Waals surface area contributed by atoms with E-state index in [2.05, 4.69) is 15.3 Å². The van der Waals surface area contributed by atoms with E-state index in [1.807, 2.05) is 35.8 Å². The van der Waals surface area contributed by atoms with E-state index in [0.29, 0.717) is 5.69 Å². The summed E-state index contributed by atoms with van der Waals surface area (Å²) in [5, 5.41) is 11.9. The Morgan fingerprint density at radius 1 is 1.11 bits per heavy atom. The van der Waals surface area contributed by atoms with Crippen LogP contribution < -0.4 is 5.32 Å². The predicted octanol–water partition coefficient (Wildman–Crippen LogP) is 3.31. The second-order valence-electron chi connectivity index (χ2n) is 3.70. The summed E-state index contributed by atoms with van der Waals surface area (Å²) in [5.41, 5.74) is 5.09. The first-order chi connectivity index (χ1) is 8.85. The zero-order chi connectivity index (χ0) is 12.4. The number of rotatable bonds is 2. The van der Waals surface area contributed by atoms with E-state index >= 15 is 0 Å². The van der Waals surface area contributed by atoms with Crippen LogP contribution in [0.2, 0.25) is 0 Å². The molecule has 0 atom stereocenters. The predicted molar refractivity (Wildman–Crippen MR) is 71.9 cm³/mol. The van der Waals surface area contributed by atoms with Crippen LogP contribution in [0.3, 0.4) is 0 Å². The lowest BCUT2D eigenvalue weighted by molar-refractivity contribution is 1.26. The van der Waals surface area contributed by atoms with E-state index in [-0.39, 0.29) is 0 Å². The molecule has 0 saturated heterocycles. The molecule has 3 aromatic rings. The second kappa shape index (κ2) is 4.43. The SMILES string of the molecule is N#Cc1ccc(Nc2ccc3ncsc3c2)cn1. The third-order valence-electron chi connectivity index (χ3n) is 2.50. The maximum absolute atomic E-state index is 8.67. The molecular formula is C13H8N4S. The molecule has 1 N–H and O–H groups in total. The molecule has 0 aliphatic heterocycles. The molecule has 0 radical (unpaired) electrons. The van der Waals surface area contributed by atoms with Gasteiger partial charge in [-0.05, 0) is 30.3 Å². The van der Waals surface area contributed by atoms with Crippen molar-refractivity contribution in [1.82, 2.24) is 9.97 Å². The highest BCUT2D eigenvalue weighted by molar-refractivity contribution is 7.16. The number of nitrogens with zero attached hydrogens (tertiary/aromatic N) is 3. The number of nitriles is 1. The molecule has 5 heteroatoms. The lowest BCUT2D eigenvalue weighted by Gasteiger charge is -2.05. The minimum absolute atomic E-state index is 0.415. The third kappa shape index (κ3) is 2.01. The van der Waals surface area contributed by atoms with Gasteiger partial charge in [-0.15, -0.1) is 11.3 Å². The number of benzene rings is 1. The van der Waals surface area contributed by atoms with Crippen LogP contribution in [0.15, 0.2) is 42.0 Å². The van der Waals surface area contributed by atoms with Gasteiger partial charge in [-0.2, -0.15) is 5.26 Å². The van der Waals surface area contributed by atoms with Gasteiger partial charge in [0.2, 0.25) is 0 Å². The highest BCUT2D eigenvalue weighted by Gasteiger charge is 2.00. The van der Waals surface area contributed by atoms with Crippen molar-refractivity contribution in [3.8, 4) is 6.07 Å². The molecule has 0 aliphatic rings. The average molecular weight is 252 g/mol. The van der Waals surface area contributed by atoms with Crippen LogP contribution >= 0.6 is 11.3 Å². The maximum Gasteiger partial charge on any atom is 0.140 e. The quantitative estimate of drug-likeness (QED) is 0.760. The summed E-state index contributed by atoms with van der Waals surface area (Å²) in [7, 11) is 0. The van der Waals surface area contributed by atoms with Crippen LogP contribution in [-0.4, -0.2) is 9.97 Å². The Morgan fingerprint density at radius 3 is 2.78 bits per heavy atom. The Kier molecular flexibility index (Phi) is 2.63. The van der Waals surface area contributed by atoms with Gasteiger partial charge in [-0.1, -0.05) is 0 Å². The van der Waals surface area contributed by atoms with Crippen molar-refractivity contribution in [3.05, 3.63) is 47.7 Å². The Bertz CT molecular complexity index is 725. The first-order valence-electron chi connectivity index (χ1n) is 5.31. The molecule has 0 aliphatic carbocycles. The fourth-order valence-electron chi connectivity index (χ4n) is 1.63.